The zero-order valence-electron chi connectivity index (χ0n) is 8.94. The first-order chi connectivity index (χ1) is 7.63. The van der Waals surface area contributed by atoms with Gasteiger partial charge >= 0.3 is 0 Å². The Labute approximate surface area is 90.5 Å². The number of anilines is 1. The molecular formula is C9H11N5O2. The van der Waals surface area contributed by atoms with E-state index < -0.39 is 0 Å². The average Bonchev–Trinajstić information content (AvgIpc) is 2.75. The Balaban J connectivity index is 2.53. The second-order valence-corrected chi connectivity index (χ2v) is 3.30. The summed E-state index contributed by atoms with van der Waals surface area (Å²) in [5, 5.41) is 0. The van der Waals surface area contributed by atoms with E-state index in [1.165, 1.54) is 11.2 Å². The largest absolute Gasteiger partial charge is 0.339 e. The highest BCUT2D eigenvalue weighted by molar-refractivity contribution is 5.91. The molecule has 0 spiro atoms. The number of carbonyl (C=O) groups excluding carboxylic acids is 1. The maximum Gasteiger partial charge on any atom is 0.278 e. The molecule has 0 bridgehead atoms. The number of fused-ring (bicyclic) bond motifs is 1. The smallest absolute Gasteiger partial charge is 0.278 e. The van der Waals surface area contributed by atoms with Crippen molar-refractivity contribution >= 4 is 23.0 Å². The van der Waals surface area contributed by atoms with Crippen LogP contribution >= 0.6 is 0 Å². The van der Waals surface area contributed by atoms with Crippen molar-refractivity contribution in [3.05, 3.63) is 16.7 Å². The SMILES string of the molecule is CCC(=O)N(C)c1nc2nc[nH]c2c(=O)[nH]1. The summed E-state index contributed by atoms with van der Waals surface area (Å²) in [6.45, 7) is 1.74. The van der Waals surface area contributed by atoms with Crippen LogP contribution in [0.1, 0.15) is 13.3 Å². The van der Waals surface area contributed by atoms with E-state index in [2.05, 4.69) is 19.9 Å². The molecule has 2 aromatic heterocycles. The molecule has 7 heteroatoms. The van der Waals surface area contributed by atoms with Gasteiger partial charge in [-0.05, 0) is 0 Å². The Morgan fingerprint density at radius 3 is 3.00 bits per heavy atom. The number of amides is 1. The maximum atomic E-state index is 11.6. The van der Waals surface area contributed by atoms with Crippen LogP contribution in [0.25, 0.3) is 11.2 Å². The number of nitrogens with zero attached hydrogens (tertiary/aromatic N) is 3. The standard InChI is InChI=1S/C9H11N5O2/c1-3-5(15)14(2)9-12-7-6(8(16)13-9)10-4-11-7/h4H,3H2,1-2H3,(H2,10,11,12,13,16). The first-order valence-electron chi connectivity index (χ1n) is 4.83. The molecule has 0 saturated carbocycles. The van der Waals surface area contributed by atoms with E-state index in [-0.39, 0.29) is 17.4 Å². The fraction of sp³-hybridized carbons (Fsp3) is 0.333. The van der Waals surface area contributed by atoms with Gasteiger partial charge in [-0.1, -0.05) is 6.92 Å². The van der Waals surface area contributed by atoms with Crippen molar-refractivity contribution in [1.29, 1.82) is 0 Å². The summed E-state index contributed by atoms with van der Waals surface area (Å²) in [7, 11) is 1.56. The molecule has 0 aliphatic heterocycles. The lowest BCUT2D eigenvalue weighted by Gasteiger charge is -2.13. The molecule has 0 aliphatic rings. The number of aromatic nitrogens is 4. The van der Waals surface area contributed by atoms with Gasteiger partial charge in [0.15, 0.2) is 11.2 Å². The van der Waals surface area contributed by atoms with Gasteiger partial charge in [0, 0.05) is 13.5 Å². The molecule has 0 unspecified atom stereocenters. The second-order valence-electron chi connectivity index (χ2n) is 3.30. The molecule has 2 heterocycles. The number of nitrogens with one attached hydrogen (secondary N) is 2. The van der Waals surface area contributed by atoms with Crippen molar-refractivity contribution < 1.29 is 4.79 Å². The molecule has 16 heavy (non-hydrogen) atoms. The molecule has 0 aliphatic carbocycles. The van der Waals surface area contributed by atoms with Crippen molar-refractivity contribution in [3.8, 4) is 0 Å². The van der Waals surface area contributed by atoms with Crippen molar-refractivity contribution in [2.45, 2.75) is 13.3 Å². The summed E-state index contributed by atoms with van der Waals surface area (Å²) >= 11 is 0. The molecule has 2 aromatic rings. The summed E-state index contributed by atoms with van der Waals surface area (Å²) < 4.78 is 0. The molecule has 0 fully saturated rings. The maximum absolute atomic E-state index is 11.6. The third kappa shape index (κ3) is 1.56. The summed E-state index contributed by atoms with van der Waals surface area (Å²) in [5.74, 6) is 0.0782. The van der Waals surface area contributed by atoms with Gasteiger partial charge in [-0.2, -0.15) is 4.98 Å². The van der Waals surface area contributed by atoms with Crippen LogP contribution < -0.4 is 10.5 Å². The molecule has 0 saturated heterocycles. The van der Waals surface area contributed by atoms with Gasteiger partial charge in [-0.3, -0.25) is 19.5 Å². The highest BCUT2D eigenvalue weighted by Crippen LogP contribution is 2.07. The van der Waals surface area contributed by atoms with Crippen LogP contribution in [-0.4, -0.2) is 32.9 Å². The first-order valence-corrected chi connectivity index (χ1v) is 4.83. The highest BCUT2D eigenvalue weighted by atomic mass is 16.2. The van der Waals surface area contributed by atoms with Gasteiger partial charge < -0.3 is 4.98 Å². The second kappa shape index (κ2) is 3.76. The zero-order valence-corrected chi connectivity index (χ0v) is 8.94. The summed E-state index contributed by atoms with van der Waals surface area (Å²) in [6, 6.07) is 0. The van der Waals surface area contributed by atoms with E-state index in [1.807, 2.05) is 0 Å². The number of carbonyl (C=O) groups is 1. The lowest BCUT2D eigenvalue weighted by molar-refractivity contribution is -0.118. The van der Waals surface area contributed by atoms with Crippen molar-refractivity contribution in [1.82, 2.24) is 19.9 Å². The van der Waals surface area contributed by atoms with E-state index in [0.717, 1.165) is 0 Å². The van der Waals surface area contributed by atoms with Crippen LogP contribution in [0.4, 0.5) is 5.95 Å². The molecular weight excluding hydrogens is 210 g/mol. The van der Waals surface area contributed by atoms with Crippen molar-refractivity contribution in [2.75, 3.05) is 11.9 Å². The Bertz CT molecular complexity index is 585. The van der Waals surface area contributed by atoms with Crippen LogP contribution in [0.5, 0.6) is 0 Å². The number of H-pyrrole nitrogens is 2. The van der Waals surface area contributed by atoms with Crippen LogP contribution in [0.2, 0.25) is 0 Å². The molecule has 0 radical (unpaired) electrons. The number of rotatable bonds is 2. The highest BCUT2D eigenvalue weighted by Gasteiger charge is 2.13. The topological polar surface area (TPSA) is 94.7 Å². The fourth-order valence-electron chi connectivity index (χ4n) is 1.35. The Kier molecular flexibility index (Phi) is 2.43. The molecule has 0 aromatic carbocycles. The van der Waals surface area contributed by atoms with Gasteiger partial charge in [0.2, 0.25) is 11.9 Å². The number of hydrogen-bond donors (Lipinski definition) is 2. The van der Waals surface area contributed by atoms with Crippen LogP contribution in [0.15, 0.2) is 11.1 Å². The number of hydrogen-bond acceptors (Lipinski definition) is 4. The summed E-state index contributed by atoms with van der Waals surface area (Å²) in [5.41, 5.74) is 0.267. The van der Waals surface area contributed by atoms with Gasteiger partial charge in [0.05, 0.1) is 6.33 Å². The Morgan fingerprint density at radius 2 is 2.31 bits per heavy atom. The minimum atomic E-state index is -0.340. The molecule has 0 atom stereocenters. The molecule has 1 amide bonds. The molecule has 7 nitrogen and oxygen atoms in total. The van der Waals surface area contributed by atoms with Crippen LogP contribution in [0.3, 0.4) is 0 Å². The number of aromatic amines is 2. The monoisotopic (exact) mass is 221 g/mol. The zero-order chi connectivity index (χ0) is 11.7. The third-order valence-electron chi connectivity index (χ3n) is 2.28. The summed E-state index contributed by atoms with van der Waals surface area (Å²) in [4.78, 5) is 37.5. The molecule has 2 N–H and O–H groups in total. The Hall–Kier alpha value is -2.18. The quantitative estimate of drug-likeness (QED) is 0.747. The molecule has 84 valence electrons. The van der Waals surface area contributed by atoms with Crippen molar-refractivity contribution in [2.24, 2.45) is 0 Å². The molecule has 2 rings (SSSR count). The summed E-state index contributed by atoms with van der Waals surface area (Å²) in [6.07, 6.45) is 1.73. The van der Waals surface area contributed by atoms with Crippen molar-refractivity contribution in [3.63, 3.8) is 0 Å². The van der Waals surface area contributed by atoms with E-state index >= 15 is 0 Å². The van der Waals surface area contributed by atoms with Gasteiger partial charge in [-0.15, -0.1) is 0 Å². The van der Waals surface area contributed by atoms with E-state index in [0.29, 0.717) is 17.6 Å². The predicted molar refractivity (Wildman–Crippen MR) is 58.2 cm³/mol. The van der Waals surface area contributed by atoms with E-state index in [1.54, 1.807) is 14.0 Å². The Morgan fingerprint density at radius 1 is 1.56 bits per heavy atom. The lowest BCUT2D eigenvalue weighted by Crippen LogP contribution is -2.29. The lowest BCUT2D eigenvalue weighted by atomic mass is 10.4. The number of imidazole rings is 1. The minimum Gasteiger partial charge on any atom is -0.339 e. The average molecular weight is 221 g/mol. The van der Waals surface area contributed by atoms with Crippen LogP contribution in [0, 0.1) is 0 Å². The van der Waals surface area contributed by atoms with E-state index in [4.69, 9.17) is 0 Å². The van der Waals surface area contributed by atoms with Gasteiger partial charge in [0.1, 0.15) is 0 Å². The first kappa shape index (κ1) is 10.3. The fourth-order valence-corrected chi connectivity index (χ4v) is 1.35. The van der Waals surface area contributed by atoms with Crippen LogP contribution in [-0.2, 0) is 4.79 Å². The normalized spacial score (nSPS) is 10.6. The minimum absolute atomic E-state index is 0.127. The third-order valence-corrected chi connectivity index (χ3v) is 2.28. The van der Waals surface area contributed by atoms with Gasteiger partial charge in [-0.25, -0.2) is 4.98 Å². The van der Waals surface area contributed by atoms with Gasteiger partial charge in [0.25, 0.3) is 5.56 Å². The predicted octanol–water partition coefficient (Wildman–Crippen LogP) is 0.0190. The van der Waals surface area contributed by atoms with E-state index in [9.17, 15) is 9.59 Å².